The average Bonchev–Trinajstić information content (AvgIpc) is 3.11. The molecule has 3 aromatic rings. The van der Waals surface area contributed by atoms with Gasteiger partial charge in [-0.2, -0.15) is 5.10 Å². The molecule has 0 unspecified atom stereocenters. The van der Waals surface area contributed by atoms with Crippen molar-refractivity contribution in [2.75, 3.05) is 5.32 Å². The molecule has 0 aliphatic carbocycles. The second-order valence-electron chi connectivity index (χ2n) is 4.56. The van der Waals surface area contributed by atoms with Crippen LogP contribution in [0.2, 0.25) is 5.02 Å². The van der Waals surface area contributed by atoms with Gasteiger partial charge in [-0.15, -0.1) is 11.3 Å². The number of rotatable bonds is 4. The maximum atomic E-state index is 12.2. The first-order chi connectivity index (χ1) is 10.6. The molecule has 0 aliphatic heterocycles. The summed E-state index contributed by atoms with van der Waals surface area (Å²) in [5.41, 5.74) is 1.06. The molecule has 2 heterocycles. The Kier molecular flexibility index (Phi) is 4.61. The number of carbonyl (C=O) groups excluding carboxylic acids is 1. The molecule has 3 rings (SSSR count). The lowest BCUT2D eigenvalue weighted by molar-refractivity contribution is 0.102. The van der Waals surface area contributed by atoms with E-state index in [2.05, 4.69) is 26.3 Å². The molecule has 1 aromatic carbocycles. The number of halogens is 2. The van der Waals surface area contributed by atoms with Gasteiger partial charge in [-0.05, 0) is 45.8 Å². The van der Waals surface area contributed by atoms with Crippen LogP contribution < -0.4 is 5.32 Å². The fourth-order valence-corrected chi connectivity index (χ4v) is 3.35. The summed E-state index contributed by atoms with van der Waals surface area (Å²) >= 11 is 10.6. The largest absolute Gasteiger partial charge is 0.306 e. The van der Waals surface area contributed by atoms with Crippen molar-refractivity contribution in [1.82, 2.24) is 9.78 Å². The van der Waals surface area contributed by atoms with Gasteiger partial charge in [0.1, 0.15) is 5.82 Å². The highest BCUT2D eigenvalue weighted by Crippen LogP contribution is 2.23. The smallest absolute Gasteiger partial charge is 0.266 e. The van der Waals surface area contributed by atoms with Gasteiger partial charge in [0.15, 0.2) is 0 Å². The van der Waals surface area contributed by atoms with Crippen molar-refractivity contribution in [3.63, 3.8) is 0 Å². The summed E-state index contributed by atoms with van der Waals surface area (Å²) in [6.07, 6.45) is 1.66. The molecular weight excluding hydrogens is 386 g/mol. The lowest BCUT2D eigenvalue weighted by atomic mass is 10.2. The molecule has 4 nitrogen and oxygen atoms in total. The molecule has 2 aromatic heterocycles. The molecular formula is C15H11BrClN3OS. The van der Waals surface area contributed by atoms with Crippen molar-refractivity contribution in [2.45, 2.75) is 6.54 Å². The molecule has 0 bridgehead atoms. The monoisotopic (exact) mass is 395 g/mol. The van der Waals surface area contributed by atoms with Crippen molar-refractivity contribution in [3.05, 3.63) is 67.9 Å². The molecule has 0 saturated carbocycles. The van der Waals surface area contributed by atoms with Gasteiger partial charge in [0.05, 0.1) is 21.4 Å². The van der Waals surface area contributed by atoms with Gasteiger partial charge in [0, 0.05) is 11.1 Å². The molecule has 1 N–H and O–H groups in total. The van der Waals surface area contributed by atoms with Crippen molar-refractivity contribution in [2.24, 2.45) is 0 Å². The van der Waals surface area contributed by atoms with E-state index in [0.29, 0.717) is 22.3 Å². The van der Waals surface area contributed by atoms with Crippen LogP contribution in [0.15, 0.2) is 52.4 Å². The van der Waals surface area contributed by atoms with Crippen molar-refractivity contribution < 1.29 is 4.79 Å². The number of hydrogen-bond donors (Lipinski definition) is 1. The summed E-state index contributed by atoms with van der Waals surface area (Å²) in [4.78, 5) is 12.8. The number of carbonyl (C=O) groups is 1. The zero-order valence-corrected chi connectivity index (χ0v) is 14.5. The number of benzene rings is 1. The molecule has 22 heavy (non-hydrogen) atoms. The van der Waals surface area contributed by atoms with Crippen LogP contribution in [0.5, 0.6) is 0 Å². The number of nitrogens with zero attached hydrogens (tertiary/aromatic N) is 2. The molecule has 0 spiro atoms. The van der Waals surface area contributed by atoms with Crippen molar-refractivity contribution in [1.29, 1.82) is 0 Å². The fraction of sp³-hybridized carbons (Fsp3) is 0.0667. The van der Waals surface area contributed by atoms with Crippen molar-refractivity contribution in [3.8, 4) is 0 Å². The molecule has 0 fully saturated rings. The zero-order chi connectivity index (χ0) is 15.5. The quantitative estimate of drug-likeness (QED) is 0.697. The number of amides is 1. The summed E-state index contributed by atoms with van der Waals surface area (Å²) in [6.45, 7) is 0.563. The molecule has 0 saturated heterocycles. The van der Waals surface area contributed by atoms with E-state index in [4.69, 9.17) is 11.6 Å². The Hall–Kier alpha value is -1.63. The summed E-state index contributed by atoms with van der Waals surface area (Å²) in [6, 6.07) is 13.0. The molecule has 7 heteroatoms. The SMILES string of the molecule is O=C(Nc1ccnn1Cc1ccc(Cl)cc1)c1ccc(Br)s1. The highest BCUT2D eigenvalue weighted by Gasteiger charge is 2.11. The van der Waals surface area contributed by atoms with Gasteiger partial charge in [-0.3, -0.25) is 4.79 Å². The van der Waals surface area contributed by atoms with Crippen molar-refractivity contribution >= 4 is 50.6 Å². The first kappa shape index (κ1) is 15.3. The molecule has 112 valence electrons. The normalized spacial score (nSPS) is 10.6. The van der Waals surface area contributed by atoms with Crippen LogP contribution in [0.25, 0.3) is 0 Å². The Bertz CT molecular complexity index is 797. The lowest BCUT2D eigenvalue weighted by Crippen LogP contribution is -2.15. The minimum Gasteiger partial charge on any atom is -0.306 e. The number of thiophene rings is 1. The van der Waals surface area contributed by atoms with Crippen LogP contribution in [0.1, 0.15) is 15.2 Å². The van der Waals surface area contributed by atoms with E-state index >= 15 is 0 Å². The third-order valence-corrected chi connectivity index (χ3v) is 4.88. The minimum atomic E-state index is -0.145. The maximum absolute atomic E-state index is 12.2. The minimum absolute atomic E-state index is 0.145. The van der Waals surface area contributed by atoms with E-state index in [0.717, 1.165) is 9.35 Å². The van der Waals surface area contributed by atoms with Gasteiger partial charge in [-0.25, -0.2) is 4.68 Å². The van der Waals surface area contributed by atoms with Crippen LogP contribution in [0.3, 0.4) is 0 Å². The summed E-state index contributed by atoms with van der Waals surface area (Å²) in [7, 11) is 0. The number of aromatic nitrogens is 2. The van der Waals surface area contributed by atoms with Gasteiger partial charge in [-0.1, -0.05) is 23.7 Å². The number of nitrogens with one attached hydrogen (secondary N) is 1. The highest BCUT2D eigenvalue weighted by molar-refractivity contribution is 9.11. The third-order valence-electron chi connectivity index (χ3n) is 3.00. The average molecular weight is 397 g/mol. The van der Waals surface area contributed by atoms with Gasteiger partial charge in [0.2, 0.25) is 0 Å². The first-order valence-corrected chi connectivity index (χ1v) is 8.43. The second-order valence-corrected chi connectivity index (χ2v) is 7.46. The third kappa shape index (κ3) is 3.58. The van der Waals surface area contributed by atoms with Crippen LogP contribution >= 0.6 is 38.9 Å². The lowest BCUT2D eigenvalue weighted by Gasteiger charge is -2.08. The molecule has 0 atom stereocenters. The second kappa shape index (κ2) is 6.64. The van der Waals surface area contributed by atoms with E-state index in [-0.39, 0.29) is 5.91 Å². The van der Waals surface area contributed by atoms with Gasteiger partial charge >= 0.3 is 0 Å². The van der Waals surface area contributed by atoms with E-state index < -0.39 is 0 Å². The molecule has 1 amide bonds. The zero-order valence-electron chi connectivity index (χ0n) is 11.3. The topological polar surface area (TPSA) is 46.9 Å². The summed E-state index contributed by atoms with van der Waals surface area (Å²) in [5, 5.41) is 7.82. The molecule has 0 aliphatic rings. The van der Waals surface area contributed by atoms with Gasteiger partial charge in [0.25, 0.3) is 5.91 Å². The van der Waals surface area contributed by atoms with E-state index in [1.807, 2.05) is 30.3 Å². The van der Waals surface area contributed by atoms with Crippen LogP contribution in [0, 0.1) is 0 Å². The summed E-state index contributed by atoms with van der Waals surface area (Å²) < 4.78 is 2.66. The fourth-order valence-electron chi connectivity index (χ4n) is 1.94. The molecule has 0 radical (unpaired) electrons. The van der Waals surface area contributed by atoms with Gasteiger partial charge < -0.3 is 5.32 Å². The predicted molar refractivity (Wildman–Crippen MR) is 92.8 cm³/mol. The Morgan fingerprint density at radius 3 is 2.68 bits per heavy atom. The van der Waals surface area contributed by atoms with Crippen LogP contribution in [-0.2, 0) is 6.54 Å². The number of hydrogen-bond acceptors (Lipinski definition) is 3. The Balaban J connectivity index is 1.74. The van der Waals surface area contributed by atoms with Crippen LogP contribution in [-0.4, -0.2) is 15.7 Å². The van der Waals surface area contributed by atoms with E-state index in [1.54, 1.807) is 23.0 Å². The van der Waals surface area contributed by atoms with E-state index in [9.17, 15) is 4.79 Å². The Labute approximate surface area is 144 Å². The standard InChI is InChI=1S/C15H11BrClN3OS/c16-13-6-5-12(22-13)15(21)19-14-7-8-18-20(14)9-10-1-3-11(17)4-2-10/h1-8H,9H2,(H,19,21). The highest BCUT2D eigenvalue weighted by atomic mass is 79.9. The maximum Gasteiger partial charge on any atom is 0.266 e. The van der Waals surface area contributed by atoms with E-state index in [1.165, 1.54) is 11.3 Å². The Morgan fingerprint density at radius 1 is 1.23 bits per heavy atom. The Morgan fingerprint density at radius 2 is 2.00 bits per heavy atom. The number of anilines is 1. The van der Waals surface area contributed by atoms with Crippen LogP contribution in [0.4, 0.5) is 5.82 Å². The predicted octanol–water partition coefficient (Wildman–Crippen LogP) is 4.66. The summed E-state index contributed by atoms with van der Waals surface area (Å²) in [5.74, 6) is 0.512. The first-order valence-electron chi connectivity index (χ1n) is 6.45.